The molecule has 0 unspecified atom stereocenters. The summed E-state index contributed by atoms with van der Waals surface area (Å²) in [6, 6.07) is 4.87. The number of aryl methyl sites for hydroxylation is 1. The number of rotatable bonds is 5. The van der Waals surface area contributed by atoms with E-state index in [4.69, 9.17) is 5.73 Å². The second kappa shape index (κ2) is 4.62. The van der Waals surface area contributed by atoms with Crippen molar-refractivity contribution in [2.24, 2.45) is 0 Å². The zero-order valence-electron chi connectivity index (χ0n) is 9.29. The fourth-order valence-electron chi connectivity index (χ4n) is 1.71. The molecule has 82 valence electrons. The molecule has 0 aromatic carbocycles. The van der Waals surface area contributed by atoms with Crippen LogP contribution in [0.2, 0.25) is 0 Å². The highest BCUT2D eigenvalue weighted by Gasteiger charge is 2.19. The van der Waals surface area contributed by atoms with Crippen LogP contribution in [0.15, 0.2) is 12.1 Å². The molecule has 0 spiro atoms. The van der Waals surface area contributed by atoms with Crippen LogP contribution in [0.5, 0.6) is 0 Å². The molecule has 0 aliphatic heterocycles. The Morgan fingerprint density at radius 2 is 2.27 bits per heavy atom. The van der Waals surface area contributed by atoms with E-state index in [1.165, 1.54) is 18.4 Å². The van der Waals surface area contributed by atoms with E-state index in [0.29, 0.717) is 5.82 Å². The van der Waals surface area contributed by atoms with E-state index < -0.39 is 0 Å². The Bertz CT molecular complexity index is 332. The molecule has 0 radical (unpaired) electrons. The van der Waals surface area contributed by atoms with Crippen LogP contribution in [0.25, 0.3) is 0 Å². The van der Waals surface area contributed by atoms with Crippen LogP contribution in [-0.2, 0) is 13.0 Å². The van der Waals surface area contributed by atoms with Gasteiger partial charge in [0, 0.05) is 18.3 Å². The summed E-state index contributed by atoms with van der Waals surface area (Å²) in [6.07, 6.45) is 4.78. The number of nitrogens with one attached hydrogen (secondary N) is 1. The number of nitrogen functional groups attached to an aromatic ring is 1. The van der Waals surface area contributed by atoms with Crippen molar-refractivity contribution in [3.63, 3.8) is 0 Å². The molecule has 1 aromatic heterocycles. The average molecular weight is 205 g/mol. The minimum atomic E-state index is 0.647. The molecule has 3 heteroatoms. The van der Waals surface area contributed by atoms with Crippen molar-refractivity contribution in [3.05, 3.63) is 23.4 Å². The summed E-state index contributed by atoms with van der Waals surface area (Å²) in [5, 5.41) is 3.49. The number of pyridine rings is 1. The third-order valence-corrected chi connectivity index (χ3v) is 2.64. The number of aromatic nitrogens is 1. The highest BCUT2D eigenvalue weighted by atomic mass is 14.9. The van der Waals surface area contributed by atoms with Crippen molar-refractivity contribution < 1.29 is 0 Å². The second-order valence-electron chi connectivity index (χ2n) is 4.30. The molecule has 3 N–H and O–H groups in total. The van der Waals surface area contributed by atoms with Gasteiger partial charge in [-0.1, -0.05) is 13.3 Å². The summed E-state index contributed by atoms with van der Waals surface area (Å²) in [4.78, 5) is 4.32. The Labute approximate surface area is 91.1 Å². The molecular weight excluding hydrogens is 186 g/mol. The minimum Gasteiger partial charge on any atom is -0.384 e. The van der Waals surface area contributed by atoms with Crippen LogP contribution < -0.4 is 11.1 Å². The molecule has 1 aliphatic rings. The third kappa shape index (κ3) is 3.20. The van der Waals surface area contributed by atoms with E-state index >= 15 is 0 Å². The lowest BCUT2D eigenvalue weighted by molar-refractivity contribution is 0.686. The van der Waals surface area contributed by atoms with Crippen LogP contribution >= 0.6 is 0 Å². The molecule has 1 aliphatic carbocycles. The lowest BCUT2D eigenvalue weighted by atomic mass is 10.1. The number of hydrogen-bond donors (Lipinski definition) is 2. The molecule has 1 saturated carbocycles. The van der Waals surface area contributed by atoms with Gasteiger partial charge in [0.15, 0.2) is 0 Å². The summed E-state index contributed by atoms with van der Waals surface area (Å²) in [5.74, 6) is 0.647. The third-order valence-electron chi connectivity index (χ3n) is 2.64. The van der Waals surface area contributed by atoms with Crippen molar-refractivity contribution in [1.82, 2.24) is 10.3 Å². The predicted octanol–water partition coefficient (Wildman–Crippen LogP) is 1.87. The maximum Gasteiger partial charge on any atom is 0.123 e. The number of nitrogens with two attached hydrogens (primary N) is 1. The fourth-order valence-corrected chi connectivity index (χ4v) is 1.71. The first-order chi connectivity index (χ1) is 7.28. The largest absolute Gasteiger partial charge is 0.384 e. The van der Waals surface area contributed by atoms with Gasteiger partial charge >= 0.3 is 0 Å². The monoisotopic (exact) mass is 205 g/mol. The standard InChI is InChI=1S/C12H19N3/c1-2-3-11-6-9(7-12(13)15-11)8-14-10-4-5-10/h6-7,10,14H,2-5,8H2,1H3,(H2,13,15). The molecule has 2 rings (SSSR count). The van der Waals surface area contributed by atoms with Gasteiger partial charge in [-0.05, 0) is 37.0 Å². The Hall–Kier alpha value is -1.09. The van der Waals surface area contributed by atoms with E-state index in [0.717, 1.165) is 31.1 Å². The van der Waals surface area contributed by atoms with Crippen LogP contribution in [0.4, 0.5) is 5.82 Å². The zero-order chi connectivity index (χ0) is 10.7. The molecule has 0 atom stereocenters. The second-order valence-corrected chi connectivity index (χ2v) is 4.30. The molecule has 3 nitrogen and oxygen atoms in total. The van der Waals surface area contributed by atoms with Crippen LogP contribution in [-0.4, -0.2) is 11.0 Å². The summed E-state index contributed by atoms with van der Waals surface area (Å²) >= 11 is 0. The maximum atomic E-state index is 5.77. The lowest BCUT2D eigenvalue weighted by Crippen LogP contribution is -2.15. The van der Waals surface area contributed by atoms with Crippen molar-refractivity contribution in [3.8, 4) is 0 Å². The molecule has 0 amide bonds. The number of anilines is 1. The van der Waals surface area contributed by atoms with Gasteiger partial charge in [-0.3, -0.25) is 0 Å². The average Bonchev–Trinajstić information content (AvgIpc) is 2.98. The molecule has 1 aromatic rings. The van der Waals surface area contributed by atoms with Gasteiger partial charge in [-0.15, -0.1) is 0 Å². The summed E-state index contributed by atoms with van der Waals surface area (Å²) in [6.45, 7) is 3.08. The first-order valence-corrected chi connectivity index (χ1v) is 5.76. The molecule has 0 saturated heterocycles. The van der Waals surface area contributed by atoms with E-state index in [-0.39, 0.29) is 0 Å². The molecule has 15 heavy (non-hydrogen) atoms. The molecule has 1 fully saturated rings. The van der Waals surface area contributed by atoms with Crippen LogP contribution in [0.3, 0.4) is 0 Å². The van der Waals surface area contributed by atoms with Crippen molar-refractivity contribution in [2.45, 2.75) is 45.2 Å². The normalized spacial score (nSPS) is 15.5. The van der Waals surface area contributed by atoms with Crippen LogP contribution in [0, 0.1) is 0 Å². The first-order valence-electron chi connectivity index (χ1n) is 5.76. The number of nitrogens with zero attached hydrogens (tertiary/aromatic N) is 1. The van der Waals surface area contributed by atoms with E-state index in [1.54, 1.807) is 0 Å². The van der Waals surface area contributed by atoms with E-state index in [1.807, 2.05) is 6.07 Å². The smallest absolute Gasteiger partial charge is 0.123 e. The summed E-state index contributed by atoms with van der Waals surface area (Å²) in [7, 11) is 0. The lowest BCUT2D eigenvalue weighted by Gasteiger charge is -2.06. The predicted molar refractivity (Wildman–Crippen MR) is 62.5 cm³/mol. The highest BCUT2D eigenvalue weighted by Crippen LogP contribution is 2.19. The van der Waals surface area contributed by atoms with Gasteiger partial charge < -0.3 is 11.1 Å². The zero-order valence-corrected chi connectivity index (χ0v) is 9.29. The molecular formula is C12H19N3. The van der Waals surface area contributed by atoms with Gasteiger partial charge in [-0.2, -0.15) is 0 Å². The van der Waals surface area contributed by atoms with Crippen molar-refractivity contribution >= 4 is 5.82 Å². The quantitative estimate of drug-likeness (QED) is 0.771. The van der Waals surface area contributed by atoms with Gasteiger partial charge in [0.25, 0.3) is 0 Å². The van der Waals surface area contributed by atoms with Gasteiger partial charge in [0.1, 0.15) is 5.82 Å². The molecule has 0 bridgehead atoms. The topological polar surface area (TPSA) is 50.9 Å². The highest BCUT2D eigenvalue weighted by molar-refractivity contribution is 5.35. The Kier molecular flexibility index (Phi) is 3.21. The maximum absolute atomic E-state index is 5.77. The van der Waals surface area contributed by atoms with Gasteiger partial charge in [0.05, 0.1) is 0 Å². The Morgan fingerprint density at radius 1 is 1.47 bits per heavy atom. The number of hydrogen-bond acceptors (Lipinski definition) is 3. The first kappa shape index (κ1) is 10.4. The van der Waals surface area contributed by atoms with E-state index in [2.05, 4.69) is 23.3 Å². The van der Waals surface area contributed by atoms with E-state index in [9.17, 15) is 0 Å². The van der Waals surface area contributed by atoms with Crippen molar-refractivity contribution in [2.75, 3.05) is 5.73 Å². The van der Waals surface area contributed by atoms with Gasteiger partial charge in [-0.25, -0.2) is 4.98 Å². The van der Waals surface area contributed by atoms with Gasteiger partial charge in [0.2, 0.25) is 0 Å². The fraction of sp³-hybridized carbons (Fsp3) is 0.583. The van der Waals surface area contributed by atoms with Crippen molar-refractivity contribution in [1.29, 1.82) is 0 Å². The summed E-state index contributed by atoms with van der Waals surface area (Å²) < 4.78 is 0. The summed E-state index contributed by atoms with van der Waals surface area (Å²) in [5.41, 5.74) is 8.15. The molecule has 1 heterocycles. The van der Waals surface area contributed by atoms with Crippen LogP contribution in [0.1, 0.15) is 37.4 Å². The Balaban J connectivity index is 2.00. The Morgan fingerprint density at radius 3 is 2.93 bits per heavy atom. The SMILES string of the molecule is CCCc1cc(CNC2CC2)cc(N)n1. The minimum absolute atomic E-state index is 0.647.